The molecule has 54 valence electrons. The third-order valence-corrected chi connectivity index (χ3v) is 2.07. The molecule has 0 radical (unpaired) electrons. The van der Waals surface area contributed by atoms with Gasteiger partial charge in [-0.05, 0) is 13.0 Å². The molecule has 1 nitrogen and oxygen atoms in total. The first-order chi connectivity index (χ1) is 4.02. The molecule has 0 aromatic rings. The lowest BCUT2D eigenvalue weighted by Crippen LogP contribution is -2.12. The Morgan fingerprint density at radius 3 is 2.11 bits per heavy atom. The first-order valence-corrected chi connectivity index (χ1v) is 3.10. The fourth-order valence-electron chi connectivity index (χ4n) is 1.04. The molecule has 1 unspecified atom stereocenters. The summed E-state index contributed by atoms with van der Waals surface area (Å²) in [7, 11) is 0. The van der Waals surface area contributed by atoms with Crippen LogP contribution in [0, 0.1) is 5.41 Å². The number of hydrogen-bond acceptors (Lipinski definition) is 1. The van der Waals surface area contributed by atoms with Crippen LogP contribution in [0.5, 0.6) is 0 Å². The second-order valence-electron chi connectivity index (χ2n) is 2.98. The average molecular weight is 135 g/mol. The van der Waals surface area contributed by atoms with E-state index < -0.39 is 11.3 Å². The second kappa shape index (κ2) is 1.66. The predicted molar refractivity (Wildman–Crippen MR) is 31.3 cm³/mol. The van der Waals surface area contributed by atoms with Gasteiger partial charge in [0.05, 0.1) is 0 Å². The summed E-state index contributed by atoms with van der Waals surface area (Å²) in [4.78, 5) is 0. The van der Waals surface area contributed by atoms with Crippen LogP contribution >= 0.6 is 0 Å². The third kappa shape index (κ3) is 0.936. The molecule has 1 fully saturated rings. The van der Waals surface area contributed by atoms with E-state index >= 15 is 0 Å². The Bertz CT molecular complexity index is 124. The van der Waals surface area contributed by atoms with E-state index in [0.29, 0.717) is 13.0 Å². The van der Waals surface area contributed by atoms with Gasteiger partial charge in [0.1, 0.15) is 0 Å². The summed E-state index contributed by atoms with van der Waals surface area (Å²) in [5.74, 6) is -2.42. The largest absolute Gasteiger partial charge is 0.330 e. The number of halogens is 2. The Labute approximate surface area is 53.2 Å². The van der Waals surface area contributed by atoms with Crippen molar-refractivity contribution >= 4 is 0 Å². The lowest BCUT2D eigenvalue weighted by Gasteiger charge is -2.05. The lowest BCUT2D eigenvalue weighted by atomic mass is 10.1. The Hall–Kier alpha value is -0.180. The Balaban J connectivity index is 2.42. The quantitative estimate of drug-likeness (QED) is 0.608. The highest BCUT2D eigenvalue weighted by Crippen LogP contribution is 2.61. The Kier molecular flexibility index (Phi) is 1.28. The molecule has 1 rings (SSSR count). The summed E-state index contributed by atoms with van der Waals surface area (Å²) in [5, 5.41) is 0. The van der Waals surface area contributed by atoms with Crippen LogP contribution in [0.2, 0.25) is 0 Å². The summed E-state index contributed by atoms with van der Waals surface area (Å²) in [6.45, 7) is 1.95. The maximum Gasteiger partial charge on any atom is 0.254 e. The van der Waals surface area contributed by atoms with Crippen molar-refractivity contribution in [3.05, 3.63) is 0 Å². The van der Waals surface area contributed by atoms with Crippen molar-refractivity contribution in [2.75, 3.05) is 6.54 Å². The van der Waals surface area contributed by atoms with E-state index in [2.05, 4.69) is 0 Å². The van der Waals surface area contributed by atoms with Crippen molar-refractivity contribution in [2.45, 2.75) is 25.7 Å². The molecule has 0 spiro atoms. The van der Waals surface area contributed by atoms with Crippen LogP contribution in [-0.4, -0.2) is 12.5 Å². The highest BCUT2D eigenvalue weighted by molar-refractivity contribution is 5.06. The molecule has 2 N–H and O–H groups in total. The van der Waals surface area contributed by atoms with Crippen molar-refractivity contribution < 1.29 is 8.78 Å². The maximum atomic E-state index is 12.3. The number of rotatable bonds is 2. The molecular formula is C6H11F2N. The molecule has 0 aliphatic heterocycles. The van der Waals surface area contributed by atoms with Gasteiger partial charge >= 0.3 is 0 Å². The molecule has 1 atom stereocenters. The van der Waals surface area contributed by atoms with E-state index in [4.69, 9.17) is 5.73 Å². The predicted octanol–water partition coefficient (Wildman–Crippen LogP) is 1.38. The molecular weight excluding hydrogens is 124 g/mol. The standard InChI is InChI=1S/C6H11F2N/c1-5(2-3-9)4-6(5,7)8/h2-4,9H2,1H3. The summed E-state index contributed by atoms with van der Waals surface area (Å²) < 4.78 is 24.6. The first-order valence-electron chi connectivity index (χ1n) is 3.10. The highest BCUT2D eigenvalue weighted by Gasteiger charge is 2.66. The fraction of sp³-hybridized carbons (Fsp3) is 1.00. The zero-order valence-corrected chi connectivity index (χ0v) is 5.45. The topological polar surface area (TPSA) is 26.0 Å². The summed E-state index contributed by atoms with van der Waals surface area (Å²) >= 11 is 0. The lowest BCUT2D eigenvalue weighted by molar-refractivity contribution is 0.0678. The van der Waals surface area contributed by atoms with Crippen LogP contribution < -0.4 is 5.73 Å². The SMILES string of the molecule is CC1(CCN)CC1(F)F. The van der Waals surface area contributed by atoms with Gasteiger partial charge in [-0.25, -0.2) is 8.78 Å². The molecule has 1 aliphatic rings. The van der Waals surface area contributed by atoms with Crippen LogP contribution in [0.4, 0.5) is 8.78 Å². The molecule has 0 bridgehead atoms. The van der Waals surface area contributed by atoms with Gasteiger partial charge < -0.3 is 5.73 Å². The summed E-state index contributed by atoms with van der Waals surface area (Å²) in [5.41, 5.74) is 4.38. The summed E-state index contributed by atoms with van der Waals surface area (Å²) in [6.07, 6.45) is 0.469. The number of nitrogens with two attached hydrogens (primary N) is 1. The van der Waals surface area contributed by atoms with Gasteiger partial charge in [0.25, 0.3) is 5.92 Å². The molecule has 0 aromatic carbocycles. The minimum Gasteiger partial charge on any atom is -0.330 e. The fourth-order valence-corrected chi connectivity index (χ4v) is 1.04. The molecule has 3 heteroatoms. The monoisotopic (exact) mass is 135 g/mol. The van der Waals surface area contributed by atoms with Gasteiger partial charge in [0.2, 0.25) is 0 Å². The van der Waals surface area contributed by atoms with Crippen LogP contribution in [0.3, 0.4) is 0 Å². The van der Waals surface area contributed by atoms with Crippen molar-refractivity contribution in [3.63, 3.8) is 0 Å². The van der Waals surface area contributed by atoms with E-state index in [1.54, 1.807) is 6.92 Å². The molecule has 0 amide bonds. The van der Waals surface area contributed by atoms with E-state index in [9.17, 15) is 8.78 Å². The molecule has 0 saturated heterocycles. The smallest absolute Gasteiger partial charge is 0.254 e. The van der Waals surface area contributed by atoms with Crippen molar-refractivity contribution in [2.24, 2.45) is 11.1 Å². The van der Waals surface area contributed by atoms with E-state index in [1.807, 2.05) is 0 Å². The number of hydrogen-bond donors (Lipinski definition) is 1. The van der Waals surface area contributed by atoms with Gasteiger partial charge in [0.15, 0.2) is 0 Å². The highest BCUT2D eigenvalue weighted by atomic mass is 19.3. The van der Waals surface area contributed by atoms with E-state index in [1.165, 1.54) is 0 Å². The zero-order valence-electron chi connectivity index (χ0n) is 5.45. The molecule has 0 heterocycles. The van der Waals surface area contributed by atoms with Crippen LogP contribution in [0.25, 0.3) is 0 Å². The third-order valence-electron chi connectivity index (χ3n) is 2.07. The van der Waals surface area contributed by atoms with Gasteiger partial charge in [-0.2, -0.15) is 0 Å². The molecule has 1 aliphatic carbocycles. The van der Waals surface area contributed by atoms with Gasteiger partial charge in [-0.3, -0.25) is 0 Å². The minimum absolute atomic E-state index is 0.0250. The molecule has 9 heavy (non-hydrogen) atoms. The van der Waals surface area contributed by atoms with Crippen molar-refractivity contribution in [1.29, 1.82) is 0 Å². The van der Waals surface area contributed by atoms with E-state index in [-0.39, 0.29) is 6.42 Å². The van der Waals surface area contributed by atoms with Gasteiger partial charge in [-0.15, -0.1) is 0 Å². The van der Waals surface area contributed by atoms with E-state index in [0.717, 1.165) is 0 Å². The van der Waals surface area contributed by atoms with Gasteiger partial charge in [0, 0.05) is 11.8 Å². The van der Waals surface area contributed by atoms with Crippen LogP contribution in [0.15, 0.2) is 0 Å². The maximum absolute atomic E-state index is 12.3. The van der Waals surface area contributed by atoms with Crippen molar-refractivity contribution in [1.82, 2.24) is 0 Å². The first kappa shape index (κ1) is 6.93. The van der Waals surface area contributed by atoms with Gasteiger partial charge in [-0.1, -0.05) is 6.92 Å². The Morgan fingerprint density at radius 2 is 2.00 bits per heavy atom. The molecule has 0 aromatic heterocycles. The minimum atomic E-state index is -2.42. The summed E-state index contributed by atoms with van der Waals surface area (Å²) in [6, 6.07) is 0. The van der Waals surface area contributed by atoms with Crippen LogP contribution in [-0.2, 0) is 0 Å². The second-order valence-corrected chi connectivity index (χ2v) is 2.98. The van der Waals surface area contributed by atoms with Crippen molar-refractivity contribution in [3.8, 4) is 0 Å². The Morgan fingerprint density at radius 1 is 1.56 bits per heavy atom. The molecule has 1 saturated carbocycles. The normalized spacial score (nSPS) is 38.7. The zero-order chi connectivity index (χ0) is 7.12. The number of alkyl halides is 2. The van der Waals surface area contributed by atoms with Crippen LogP contribution in [0.1, 0.15) is 19.8 Å². The average Bonchev–Trinajstić information content (AvgIpc) is 2.07.